The van der Waals surface area contributed by atoms with Crippen molar-refractivity contribution >= 4 is 16.9 Å². The highest BCUT2D eigenvalue weighted by Crippen LogP contribution is 2.22. The molecule has 3 aromatic rings. The Morgan fingerprint density at radius 3 is 2.48 bits per heavy atom. The molecule has 1 heterocycles. The molecule has 3 nitrogen and oxygen atoms in total. The van der Waals surface area contributed by atoms with E-state index in [0.29, 0.717) is 6.54 Å². The van der Waals surface area contributed by atoms with E-state index in [2.05, 4.69) is 29.8 Å². The van der Waals surface area contributed by atoms with Crippen LogP contribution in [0.2, 0.25) is 0 Å². The number of nitrogens with zero attached hydrogens (tertiary/aromatic N) is 1. The topological polar surface area (TPSA) is 42.2 Å². The van der Waals surface area contributed by atoms with Crippen LogP contribution in [-0.2, 0) is 17.8 Å². The zero-order valence-electron chi connectivity index (χ0n) is 11.9. The summed E-state index contributed by atoms with van der Waals surface area (Å²) < 4.78 is 2.19. The molecule has 2 aromatic carbocycles. The summed E-state index contributed by atoms with van der Waals surface area (Å²) >= 11 is 0. The summed E-state index contributed by atoms with van der Waals surface area (Å²) in [5.74, 6) is -0.795. The van der Waals surface area contributed by atoms with Crippen LogP contribution in [0.25, 0.3) is 10.9 Å². The van der Waals surface area contributed by atoms with E-state index in [-0.39, 0.29) is 6.42 Å². The minimum atomic E-state index is -0.795. The summed E-state index contributed by atoms with van der Waals surface area (Å²) in [6.45, 7) is 2.79. The van der Waals surface area contributed by atoms with E-state index in [0.717, 1.165) is 11.1 Å². The van der Waals surface area contributed by atoms with E-state index in [4.69, 9.17) is 5.11 Å². The second-order valence-corrected chi connectivity index (χ2v) is 5.30. The molecular weight excluding hydrogens is 262 g/mol. The molecule has 3 heteroatoms. The molecular formula is C18H17NO2. The third-order valence-corrected chi connectivity index (χ3v) is 3.79. The summed E-state index contributed by atoms with van der Waals surface area (Å²) in [6.07, 6.45) is 2.19. The van der Waals surface area contributed by atoms with Gasteiger partial charge in [0.15, 0.2) is 0 Å². The molecule has 0 aliphatic carbocycles. The number of aromatic nitrogens is 1. The van der Waals surface area contributed by atoms with Gasteiger partial charge in [0.2, 0.25) is 0 Å². The van der Waals surface area contributed by atoms with E-state index in [1.165, 1.54) is 16.5 Å². The predicted molar refractivity (Wildman–Crippen MR) is 83.6 cm³/mol. The van der Waals surface area contributed by atoms with E-state index < -0.39 is 5.97 Å². The first-order valence-electron chi connectivity index (χ1n) is 6.98. The Kier molecular flexibility index (Phi) is 3.48. The van der Waals surface area contributed by atoms with Gasteiger partial charge in [0.25, 0.3) is 0 Å². The molecule has 0 atom stereocenters. The van der Waals surface area contributed by atoms with Gasteiger partial charge >= 0.3 is 5.97 Å². The van der Waals surface area contributed by atoms with Crippen molar-refractivity contribution in [3.8, 4) is 0 Å². The largest absolute Gasteiger partial charge is 0.481 e. The number of benzene rings is 2. The van der Waals surface area contributed by atoms with Crippen molar-refractivity contribution in [1.82, 2.24) is 4.57 Å². The average molecular weight is 279 g/mol. The lowest BCUT2D eigenvalue weighted by Gasteiger charge is -2.10. The number of para-hydroxylation sites is 1. The van der Waals surface area contributed by atoms with Crippen LogP contribution >= 0.6 is 0 Å². The summed E-state index contributed by atoms with van der Waals surface area (Å²) in [4.78, 5) is 11.0. The number of aliphatic carboxylic acids is 1. The fraction of sp³-hybridized carbons (Fsp3) is 0.167. The SMILES string of the molecule is Cc1cn(Cc2ccccc2CC(=O)O)c2ccccc12. The molecule has 0 radical (unpaired) electrons. The second kappa shape index (κ2) is 5.44. The van der Waals surface area contributed by atoms with Crippen LogP contribution < -0.4 is 0 Å². The van der Waals surface area contributed by atoms with Gasteiger partial charge in [-0.3, -0.25) is 4.79 Å². The number of fused-ring (bicyclic) bond motifs is 1. The number of carbonyl (C=O) groups is 1. The molecule has 3 rings (SSSR count). The molecule has 0 fully saturated rings. The number of carboxylic acid groups (broad SMARTS) is 1. The normalized spacial score (nSPS) is 10.9. The number of aryl methyl sites for hydroxylation is 1. The zero-order valence-corrected chi connectivity index (χ0v) is 11.9. The van der Waals surface area contributed by atoms with Gasteiger partial charge in [-0.15, -0.1) is 0 Å². The maximum Gasteiger partial charge on any atom is 0.307 e. The van der Waals surface area contributed by atoms with Crippen molar-refractivity contribution in [1.29, 1.82) is 0 Å². The Balaban J connectivity index is 2.01. The third kappa shape index (κ3) is 2.68. The van der Waals surface area contributed by atoms with Crippen molar-refractivity contribution < 1.29 is 9.90 Å². The highest BCUT2D eigenvalue weighted by Gasteiger charge is 2.09. The lowest BCUT2D eigenvalue weighted by Crippen LogP contribution is -2.06. The van der Waals surface area contributed by atoms with Gasteiger partial charge in [-0.25, -0.2) is 0 Å². The molecule has 0 amide bonds. The monoisotopic (exact) mass is 279 g/mol. The standard InChI is InChI=1S/C18H17NO2/c1-13-11-19(17-9-5-4-8-16(13)17)12-15-7-3-2-6-14(15)10-18(20)21/h2-9,11H,10,12H2,1H3,(H,20,21). The Bertz CT molecular complexity index is 802. The Morgan fingerprint density at radius 1 is 1.05 bits per heavy atom. The molecule has 0 bridgehead atoms. The maximum absolute atomic E-state index is 11.0. The molecule has 1 aromatic heterocycles. The molecule has 0 saturated heterocycles. The van der Waals surface area contributed by atoms with Crippen molar-refractivity contribution in [2.45, 2.75) is 19.9 Å². The van der Waals surface area contributed by atoms with Gasteiger partial charge in [-0.1, -0.05) is 42.5 Å². The quantitative estimate of drug-likeness (QED) is 0.792. The molecule has 0 aliphatic rings. The van der Waals surface area contributed by atoms with Gasteiger partial charge < -0.3 is 9.67 Å². The van der Waals surface area contributed by atoms with E-state index in [9.17, 15) is 4.79 Å². The molecule has 21 heavy (non-hydrogen) atoms. The van der Waals surface area contributed by atoms with Gasteiger partial charge in [0, 0.05) is 23.6 Å². The minimum absolute atomic E-state index is 0.0638. The average Bonchev–Trinajstić information content (AvgIpc) is 2.78. The van der Waals surface area contributed by atoms with Crippen LogP contribution in [0.1, 0.15) is 16.7 Å². The highest BCUT2D eigenvalue weighted by molar-refractivity contribution is 5.83. The van der Waals surface area contributed by atoms with Crippen LogP contribution in [0.4, 0.5) is 0 Å². The smallest absolute Gasteiger partial charge is 0.307 e. The fourth-order valence-electron chi connectivity index (χ4n) is 2.79. The molecule has 106 valence electrons. The number of carboxylic acids is 1. The first kappa shape index (κ1) is 13.4. The minimum Gasteiger partial charge on any atom is -0.481 e. The second-order valence-electron chi connectivity index (χ2n) is 5.30. The van der Waals surface area contributed by atoms with Crippen molar-refractivity contribution in [2.75, 3.05) is 0 Å². The zero-order chi connectivity index (χ0) is 14.8. The van der Waals surface area contributed by atoms with Gasteiger partial charge in [0.1, 0.15) is 0 Å². The number of hydrogen-bond acceptors (Lipinski definition) is 1. The lowest BCUT2D eigenvalue weighted by atomic mass is 10.0. The van der Waals surface area contributed by atoms with Crippen molar-refractivity contribution in [3.05, 3.63) is 71.4 Å². The molecule has 0 aliphatic heterocycles. The van der Waals surface area contributed by atoms with E-state index in [1.807, 2.05) is 36.4 Å². The molecule has 1 N–H and O–H groups in total. The van der Waals surface area contributed by atoms with Crippen LogP contribution in [0.3, 0.4) is 0 Å². The van der Waals surface area contributed by atoms with Gasteiger partial charge in [-0.2, -0.15) is 0 Å². The summed E-state index contributed by atoms with van der Waals surface area (Å²) in [5.41, 5.74) is 4.35. The predicted octanol–water partition coefficient (Wildman–Crippen LogP) is 3.63. The van der Waals surface area contributed by atoms with E-state index >= 15 is 0 Å². The Labute approximate surface area is 123 Å². The number of hydrogen-bond donors (Lipinski definition) is 1. The summed E-state index contributed by atoms with van der Waals surface area (Å²) in [7, 11) is 0. The molecule has 0 saturated carbocycles. The van der Waals surface area contributed by atoms with E-state index in [1.54, 1.807) is 0 Å². The fourth-order valence-corrected chi connectivity index (χ4v) is 2.79. The summed E-state index contributed by atoms with van der Waals surface area (Å²) in [5, 5.41) is 10.3. The number of rotatable bonds is 4. The highest BCUT2D eigenvalue weighted by atomic mass is 16.4. The molecule has 0 spiro atoms. The molecule has 0 unspecified atom stereocenters. The van der Waals surface area contributed by atoms with Crippen LogP contribution in [-0.4, -0.2) is 15.6 Å². The van der Waals surface area contributed by atoms with Gasteiger partial charge in [0.05, 0.1) is 6.42 Å². The van der Waals surface area contributed by atoms with Gasteiger partial charge in [-0.05, 0) is 29.7 Å². The first-order chi connectivity index (χ1) is 10.1. The van der Waals surface area contributed by atoms with Crippen molar-refractivity contribution in [2.24, 2.45) is 0 Å². The first-order valence-corrected chi connectivity index (χ1v) is 6.98. The van der Waals surface area contributed by atoms with Crippen molar-refractivity contribution in [3.63, 3.8) is 0 Å². The maximum atomic E-state index is 11.0. The van der Waals surface area contributed by atoms with Crippen LogP contribution in [0.15, 0.2) is 54.7 Å². The van der Waals surface area contributed by atoms with Crippen LogP contribution in [0.5, 0.6) is 0 Å². The Hall–Kier alpha value is -2.55. The van der Waals surface area contributed by atoms with Crippen LogP contribution in [0, 0.1) is 6.92 Å². The lowest BCUT2D eigenvalue weighted by molar-refractivity contribution is -0.136. The summed E-state index contributed by atoms with van der Waals surface area (Å²) in [6, 6.07) is 16.0. The third-order valence-electron chi connectivity index (χ3n) is 3.79. The Morgan fingerprint density at radius 2 is 1.71 bits per heavy atom.